The molecule has 0 saturated heterocycles. The third-order valence-electron chi connectivity index (χ3n) is 2.96. The standard InChI is InChI=1S/C14H15FN4O/c1-8(9-3-2-4-18-7-9)19-13-5-10(14(17)20)12(16)6-11(13)15/h2-8,19H,16H2,1H3,(H2,17,20). The van der Waals surface area contributed by atoms with Crippen molar-refractivity contribution in [1.82, 2.24) is 4.98 Å². The number of pyridine rings is 1. The number of carbonyl (C=O) groups excluding carboxylic acids is 1. The molecule has 5 nitrogen and oxygen atoms in total. The highest BCUT2D eigenvalue weighted by Gasteiger charge is 2.14. The van der Waals surface area contributed by atoms with Gasteiger partial charge in [0.1, 0.15) is 5.82 Å². The van der Waals surface area contributed by atoms with E-state index in [2.05, 4.69) is 10.3 Å². The molecule has 1 aromatic heterocycles. The molecule has 0 aliphatic carbocycles. The maximum absolute atomic E-state index is 13.9. The molecule has 1 heterocycles. The van der Waals surface area contributed by atoms with Crippen LogP contribution >= 0.6 is 0 Å². The van der Waals surface area contributed by atoms with Crippen LogP contribution in [0.25, 0.3) is 0 Å². The van der Waals surface area contributed by atoms with Gasteiger partial charge in [0.25, 0.3) is 5.91 Å². The van der Waals surface area contributed by atoms with Crippen LogP contribution in [0.1, 0.15) is 28.9 Å². The zero-order valence-corrected chi connectivity index (χ0v) is 10.9. The number of nitrogens with one attached hydrogen (secondary N) is 1. The minimum absolute atomic E-state index is 0.0228. The molecule has 0 radical (unpaired) electrons. The number of hydrogen-bond acceptors (Lipinski definition) is 4. The largest absolute Gasteiger partial charge is 0.398 e. The molecule has 104 valence electrons. The number of aromatic nitrogens is 1. The van der Waals surface area contributed by atoms with Crippen molar-refractivity contribution in [3.8, 4) is 0 Å². The number of halogens is 1. The maximum Gasteiger partial charge on any atom is 0.250 e. The Balaban J connectivity index is 2.29. The van der Waals surface area contributed by atoms with Crippen molar-refractivity contribution in [3.05, 3.63) is 53.6 Å². The summed E-state index contributed by atoms with van der Waals surface area (Å²) in [6, 6.07) is 5.89. The highest BCUT2D eigenvalue weighted by molar-refractivity contribution is 5.99. The summed E-state index contributed by atoms with van der Waals surface area (Å²) in [6.45, 7) is 1.86. The minimum Gasteiger partial charge on any atom is -0.398 e. The molecular weight excluding hydrogens is 259 g/mol. The third-order valence-corrected chi connectivity index (χ3v) is 2.96. The molecule has 0 spiro atoms. The van der Waals surface area contributed by atoms with Gasteiger partial charge in [0, 0.05) is 18.1 Å². The van der Waals surface area contributed by atoms with Gasteiger partial charge in [0.15, 0.2) is 0 Å². The van der Waals surface area contributed by atoms with E-state index in [1.54, 1.807) is 18.5 Å². The Kier molecular flexibility index (Phi) is 3.84. The van der Waals surface area contributed by atoms with E-state index in [4.69, 9.17) is 11.5 Å². The first-order chi connectivity index (χ1) is 9.49. The lowest BCUT2D eigenvalue weighted by molar-refractivity contribution is 0.100. The molecule has 2 rings (SSSR count). The molecule has 1 atom stereocenters. The number of nitrogens with two attached hydrogens (primary N) is 2. The number of carbonyl (C=O) groups is 1. The number of rotatable bonds is 4. The van der Waals surface area contributed by atoms with Crippen LogP contribution in [-0.4, -0.2) is 10.9 Å². The number of amides is 1. The Hall–Kier alpha value is -2.63. The van der Waals surface area contributed by atoms with Crippen LogP contribution < -0.4 is 16.8 Å². The van der Waals surface area contributed by atoms with Crippen LogP contribution in [0.15, 0.2) is 36.7 Å². The highest BCUT2D eigenvalue weighted by atomic mass is 19.1. The number of primary amides is 1. The van der Waals surface area contributed by atoms with Gasteiger partial charge >= 0.3 is 0 Å². The Bertz CT molecular complexity index is 631. The van der Waals surface area contributed by atoms with Crippen molar-refractivity contribution in [1.29, 1.82) is 0 Å². The zero-order chi connectivity index (χ0) is 14.7. The van der Waals surface area contributed by atoms with Gasteiger partial charge in [-0.25, -0.2) is 4.39 Å². The summed E-state index contributed by atoms with van der Waals surface area (Å²) in [5.74, 6) is -1.23. The summed E-state index contributed by atoms with van der Waals surface area (Å²) in [5.41, 5.74) is 11.9. The molecule has 1 aromatic carbocycles. The summed E-state index contributed by atoms with van der Waals surface area (Å²) in [5, 5.41) is 2.97. The van der Waals surface area contributed by atoms with Gasteiger partial charge in [0.05, 0.1) is 17.3 Å². The first-order valence-electron chi connectivity index (χ1n) is 6.04. The Labute approximate surface area is 115 Å². The minimum atomic E-state index is -0.695. The van der Waals surface area contributed by atoms with Gasteiger partial charge in [-0.3, -0.25) is 9.78 Å². The number of anilines is 2. The Morgan fingerprint density at radius 3 is 2.80 bits per heavy atom. The molecule has 20 heavy (non-hydrogen) atoms. The van der Waals surface area contributed by atoms with E-state index in [1.165, 1.54) is 6.07 Å². The quantitative estimate of drug-likeness (QED) is 0.744. The summed E-state index contributed by atoms with van der Waals surface area (Å²) < 4.78 is 13.9. The predicted molar refractivity (Wildman–Crippen MR) is 75.6 cm³/mol. The van der Waals surface area contributed by atoms with Crippen molar-refractivity contribution in [2.24, 2.45) is 5.73 Å². The first kappa shape index (κ1) is 13.8. The predicted octanol–water partition coefficient (Wildman–Crippen LogP) is 2.07. The molecule has 0 aliphatic heterocycles. The van der Waals surface area contributed by atoms with E-state index in [0.717, 1.165) is 11.6 Å². The molecule has 0 aliphatic rings. The molecule has 0 saturated carbocycles. The normalized spacial score (nSPS) is 11.9. The summed E-state index contributed by atoms with van der Waals surface area (Å²) >= 11 is 0. The second-order valence-corrected chi connectivity index (χ2v) is 4.44. The smallest absolute Gasteiger partial charge is 0.250 e. The van der Waals surface area contributed by atoms with E-state index in [0.29, 0.717) is 0 Å². The second-order valence-electron chi connectivity index (χ2n) is 4.44. The van der Waals surface area contributed by atoms with E-state index >= 15 is 0 Å². The SMILES string of the molecule is CC(Nc1cc(C(N)=O)c(N)cc1F)c1cccnc1. The third kappa shape index (κ3) is 2.85. The van der Waals surface area contributed by atoms with Crippen LogP contribution in [0, 0.1) is 5.82 Å². The fourth-order valence-corrected chi connectivity index (χ4v) is 1.86. The fourth-order valence-electron chi connectivity index (χ4n) is 1.86. The Morgan fingerprint density at radius 1 is 1.45 bits per heavy atom. The lowest BCUT2D eigenvalue weighted by atomic mass is 10.1. The number of nitrogen functional groups attached to an aromatic ring is 1. The molecular formula is C14H15FN4O. The average molecular weight is 274 g/mol. The van der Waals surface area contributed by atoms with Crippen LogP contribution in [0.4, 0.5) is 15.8 Å². The molecule has 6 heteroatoms. The van der Waals surface area contributed by atoms with Crippen molar-refractivity contribution >= 4 is 17.3 Å². The first-order valence-corrected chi connectivity index (χ1v) is 6.04. The fraction of sp³-hybridized carbons (Fsp3) is 0.143. The number of hydrogen-bond donors (Lipinski definition) is 3. The molecule has 1 unspecified atom stereocenters. The zero-order valence-electron chi connectivity index (χ0n) is 10.9. The van der Waals surface area contributed by atoms with Crippen molar-refractivity contribution in [2.45, 2.75) is 13.0 Å². The van der Waals surface area contributed by atoms with Crippen molar-refractivity contribution in [3.63, 3.8) is 0 Å². The van der Waals surface area contributed by atoms with Gasteiger partial charge < -0.3 is 16.8 Å². The molecule has 0 bridgehead atoms. The van der Waals surface area contributed by atoms with Gasteiger partial charge in [-0.15, -0.1) is 0 Å². The summed E-state index contributed by atoms with van der Waals surface area (Å²) in [4.78, 5) is 15.2. The van der Waals surface area contributed by atoms with Gasteiger partial charge in [-0.1, -0.05) is 6.07 Å². The highest BCUT2D eigenvalue weighted by Crippen LogP contribution is 2.25. The Morgan fingerprint density at radius 2 is 2.20 bits per heavy atom. The average Bonchev–Trinajstić information content (AvgIpc) is 2.42. The van der Waals surface area contributed by atoms with Gasteiger partial charge in [-0.05, 0) is 30.7 Å². The lowest BCUT2D eigenvalue weighted by Gasteiger charge is -2.17. The van der Waals surface area contributed by atoms with Gasteiger partial charge in [-0.2, -0.15) is 0 Å². The molecule has 2 aromatic rings. The van der Waals surface area contributed by atoms with Crippen LogP contribution in [0.3, 0.4) is 0 Å². The van der Waals surface area contributed by atoms with E-state index in [1.807, 2.05) is 13.0 Å². The number of nitrogens with zero attached hydrogens (tertiary/aromatic N) is 1. The van der Waals surface area contributed by atoms with E-state index in [-0.39, 0.29) is 23.0 Å². The van der Waals surface area contributed by atoms with Crippen LogP contribution in [0.5, 0.6) is 0 Å². The summed E-state index contributed by atoms with van der Waals surface area (Å²) in [7, 11) is 0. The molecule has 5 N–H and O–H groups in total. The molecule has 1 amide bonds. The molecule has 0 fully saturated rings. The topological polar surface area (TPSA) is 94.0 Å². The lowest BCUT2D eigenvalue weighted by Crippen LogP contribution is -2.15. The van der Waals surface area contributed by atoms with Crippen molar-refractivity contribution < 1.29 is 9.18 Å². The number of benzene rings is 1. The van der Waals surface area contributed by atoms with Gasteiger partial charge in [0.2, 0.25) is 0 Å². The monoisotopic (exact) mass is 274 g/mol. The van der Waals surface area contributed by atoms with E-state index in [9.17, 15) is 9.18 Å². The maximum atomic E-state index is 13.9. The van der Waals surface area contributed by atoms with Crippen LogP contribution in [0.2, 0.25) is 0 Å². The van der Waals surface area contributed by atoms with Crippen LogP contribution in [-0.2, 0) is 0 Å². The van der Waals surface area contributed by atoms with E-state index < -0.39 is 11.7 Å². The summed E-state index contributed by atoms with van der Waals surface area (Å²) in [6.07, 6.45) is 3.34. The van der Waals surface area contributed by atoms with Crippen molar-refractivity contribution in [2.75, 3.05) is 11.1 Å². The second kappa shape index (κ2) is 5.56.